The lowest BCUT2D eigenvalue weighted by molar-refractivity contribution is -0.124. The summed E-state index contributed by atoms with van der Waals surface area (Å²) in [7, 11) is 0. The summed E-state index contributed by atoms with van der Waals surface area (Å²) < 4.78 is 10.5. The highest BCUT2D eigenvalue weighted by molar-refractivity contribution is 5.79. The van der Waals surface area contributed by atoms with Gasteiger partial charge in [0.2, 0.25) is 0 Å². The molecule has 3 aromatic rings. The fourth-order valence-electron chi connectivity index (χ4n) is 2.61. The minimum Gasteiger partial charge on any atom is -0.484 e. The summed E-state index contributed by atoms with van der Waals surface area (Å²) in [6.45, 7) is -0.365. The molecular formula is C20H19NO5. The van der Waals surface area contributed by atoms with Crippen molar-refractivity contribution in [3.8, 4) is 5.75 Å². The summed E-state index contributed by atoms with van der Waals surface area (Å²) in [6, 6.07) is 17.2. The van der Waals surface area contributed by atoms with E-state index in [1.807, 2.05) is 30.3 Å². The molecular weight excluding hydrogens is 334 g/mol. The van der Waals surface area contributed by atoms with E-state index >= 15 is 0 Å². The van der Waals surface area contributed by atoms with E-state index in [1.165, 1.54) is 6.07 Å². The Labute approximate surface area is 150 Å². The van der Waals surface area contributed by atoms with Gasteiger partial charge in [-0.2, -0.15) is 0 Å². The van der Waals surface area contributed by atoms with Crippen LogP contribution >= 0.6 is 0 Å². The van der Waals surface area contributed by atoms with Crippen LogP contribution in [0.3, 0.4) is 0 Å². The Bertz CT molecular complexity index is 936. The monoisotopic (exact) mass is 353 g/mol. The standard InChI is InChI=1S/C20H19NO5/c22-12-16(10-14-4-2-1-3-5-14)21-19(23)13-25-17-8-6-15-7-9-20(24)26-18(15)11-17/h1-9,11,16,22H,10,12-13H2,(H,21,23)/t16-/m1/s1. The van der Waals surface area contributed by atoms with Crippen LogP contribution in [0.2, 0.25) is 0 Å². The van der Waals surface area contributed by atoms with E-state index in [-0.39, 0.29) is 25.2 Å². The quantitative estimate of drug-likeness (QED) is 0.633. The van der Waals surface area contributed by atoms with Crippen molar-refractivity contribution in [3.63, 3.8) is 0 Å². The van der Waals surface area contributed by atoms with Gasteiger partial charge in [-0.25, -0.2) is 4.79 Å². The average molecular weight is 353 g/mol. The van der Waals surface area contributed by atoms with Gasteiger partial charge in [0.15, 0.2) is 6.61 Å². The zero-order chi connectivity index (χ0) is 18.4. The molecule has 6 nitrogen and oxygen atoms in total. The molecule has 0 unspecified atom stereocenters. The summed E-state index contributed by atoms with van der Waals surface area (Å²) in [4.78, 5) is 23.3. The van der Waals surface area contributed by atoms with Crippen LogP contribution < -0.4 is 15.7 Å². The van der Waals surface area contributed by atoms with Crippen molar-refractivity contribution in [3.05, 3.63) is 76.6 Å². The number of hydrogen-bond acceptors (Lipinski definition) is 5. The Morgan fingerprint density at radius 3 is 2.65 bits per heavy atom. The first-order valence-electron chi connectivity index (χ1n) is 8.25. The summed E-state index contributed by atoms with van der Waals surface area (Å²) in [5.41, 5.74) is 0.976. The van der Waals surface area contributed by atoms with Crippen molar-refractivity contribution in [1.82, 2.24) is 5.32 Å². The highest BCUT2D eigenvalue weighted by Crippen LogP contribution is 2.19. The number of carbonyl (C=O) groups is 1. The first kappa shape index (κ1) is 17.7. The van der Waals surface area contributed by atoms with Gasteiger partial charge in [-0.15, -0.1) is 0 Å². The number of amides is 1. The summed E-state index contributed by atoms with van der Waals surface area (Å²) in [5.74, 6) is 0.0835. The van der Waals surface area contributed by atoms with Crippen LogP contribution in [0.5, 0.6) is 5.75 Å². The van der Waals surface area contributed by atoms with Gasteiger partial charge in [0.25, 0.3) is 5.91 Å². The van der Waals surface area contributed by atoms with Crippen LogP contribution in [0, 0.1) is 0 Å². The van der Waals surface area contributed by atoms with Crippen LogP contribution in [0.4, 0.5) is 0 Å². The molecule has 0 aliphatic rings. The molecule has 0 saturated carbocycles. The second-order valence-corrected chi connectivity index (χ2v) is 5.88. The van der Waals surface area contributed by atoms with Gasteiger partial charge in [-0.3, -0.25) is 4.79 Å². The first-order chi connectivity index (χ1) is 12.6. The number of nitrogens with one attached hydrogen (secondary N) is 1. The van der Waals surface area contributed by atoms with Crippen LogP contribution in [-0.2, 0) is 11.2 Å². The minimum atomic E-state index is -0.445. The van der Waals surface area contributed by atoms with Crippen molar-refractivity contribution in [2.24, 2.45) is 0 Å². The van der Waals surface area contributed by atoms with Gasteiger partial charge in [0.1, 0.15) is 11.3 Å². The summed E-state index contributed by atoms with van der Waals surface area (Å²) in [5, 5.41) is 13.0. The van der Waals surface area contributed by atoms with E-state index in [0.29, 0.717) is 17.8 Å². The van der Waals surface area contributed by atoms with Crippen molar-refractivity contribution in [1.29, 1.82) is 0 Å². The molecule has 3 rings (SSSR count). The zero-order valence-electron chi connectivity index (χ0n) is 14.1. The Kier molecular flexibility index (Phi) is 5.66. The van der Waals surface area contributed by atoms with Gasteiger partial charge in [0, 0.05) is 17.5 Å². The number of aliphatic hydroxyl groups is 1. The van der Waals surface area contributed by atoms with Crippen molar-refractivity contribution < 1.29 is 19.1 Å². The van der Waals surface area contributed by atoms with E-state index in [2.05, 4.69) is 5.32 Å². The number of hydrogen-bond donors (Lipinski definition) is 2. The molecule has 0 bridgehead atoms. The van der Waals surface area contributed by atoms with Crippen LogP contribution in [-0.4, -0.2) is 30.3 Å². The smallest absolute Gasteiger partial charge is 0.336 e. The minimum absolute atomic E-state index is 0.165. The molecule has 1 amide bonds. The highest BCUT2D eigenvalue weighted by atomic mass is 16.5. The maximum Gasteiger partial charge on any atom is 0.336 e. The van der Waals surface area contributed by atoms with E-state index in [0.717, 1.165) is 10.9 Å². The van der Waals surface area contributed by atoms with Gasteiger partial charge >= 0.3 is 5.63 Å². The summed E-state index contributed by atoms with van der Waals surface area (Å²) >= 11 is 0. The maximum absolute atomic E-state index is 12.1. The molecule has 2 N–H and O–H groups in total. The lowest BCUT2D eigenvalue weighted by atomic mass is 10.1. The Hall–Kier alpha value is -3.12. The first-order valence-corrected chi connectivity index (χ1v) is 8.25. The van der Waals surface area contributed by atoms with Gasteiger partial charge < -0.3 is 19.6 Å². The number of benzene rings is 2. The lowest BCUT2D eigenvalue weighted by Gasteiger charge is -2.16. The van der Waals surface area contributed by atoms with Gasteiger partial charge in [0.05, 0.1) is 12.6 Å². The second-order valence-electron chi connectivity index (χ2n) is 5.88. The molecule has 2 aromatic carbocycles. The lowest BCUT2D eigenvalue weighted by Crippen LogP contribution is -2.41. The highest BCUT2D eigenvalue weighted by Gasteiger charge is 2.13. The Balaban J connectivity index is 1.56. The average Bonchev–Trinajstić information content (AvgIpc) is 2.66. The molecule has 0 aliphatic heterocycles. The molecule has 0 spiro atoms. The van der Waals surface area contributed by atoms with Gasteiger partial charge in [-0.05, 0) is 30.2 Å². The topological polar surface area (TPSA) is 88.8 Å². The maximum atomic E-state index is 12.1. The normalized spacial score (nSPS) is 11.9. The Morgan fingerprint density at radius 1 is 1.12 bits per heavy atom. The third-order valence-corrected chi connectivity index (χ3v) is 3.87. The molecule has 1 aromatic heterocycles. The Morgan fingerprint density at radius 2 is 1.88 bits per heavy atom. The van der Waals surface area contributed by atoms with E-state index < -0.39 is 5.63 Å². The molecule has 1 heterocycles. The predicted molar refractivity (Wildman–Crippen MR) is 97.1 cm³/mol. The second kappa shape index (κ2) is 8.31. The van der Waals surface area contributed by atoms with Crippen molar-refractivity contribution in [2.75, 3.05) is 13.2 Å². The summed E-state index contributed by atoms with van der Waals surface area (Å²) in [6.07, 6.45) is 0.532. The van der Waals surface area contributed by atoms with Gasteiger partial charge in [-0.1, -0.05) is 30.3 Å². The molecule has 6 heteroatoms. The van der Waals surface area contributed by atoms with E-state index in [1.54, 1.807) is 24.3 Å². The number of ether oxygens (including phenoxy) is 1. The van der Waals surface area contributed by atoms with Crippen LogP contribution in [0.1, 0.15) is 5.56 Å². The van der Waals surface area contributed by atoms with Crippen molar-refractivity contribution >= 4 is 16.9 Å². The fraction of sp³-hybridized carbons (Fsp3) is 0.200. The molecule has 0 fully saturated rings. The third kappa shape index (κ3) is 4.70. The number of fused-ring (bicyclic) bond motifs is 1. The van der Waals surface area contributed by atoms with Crippen LogP contribution in [0.15, 0.2) is 69.9 Å². The molecule has 1 atom stereocenters. The molecule has 26 heavy (non-hydrogen) atoms. The molecule has 0 radical (unpaired) electrons. The molecule has 0 saturated heterocycles. The van der Waals surface area contributed by atoms with E-state index in [4.69, 9.17) is 9.15 Å². The zero-order valence-corrected chi connectivity index (χ0v) is 14.1. The predicted octanol–water partition coefficient (Wildman–Crippen LogP) is 1.89. The SMILES string of the molecule is O=C(COc1ccc2ccc(=O)oc2c1)N[C@@H](CO)Cc1ccccc1. The van der Waals surface area contributed by atoms with Crippen molar-refractivity contribution in [2.45, 2.75) is 12.5 Å². The number of carbonyl (C=O) groups excluding carboxylic acids is 1. The van der Waals surface area contributed by atoms with E-state index in [9.17, 15) is 14.7 Å². The largest absolute Gasteiger partial charge is 0.484 e. The van der Waals surface area contributed by atoms with Crippen LogP contribution in [0.25, 0.3) is 11.0 Å². The number of rotatable bonds is 7. The molecule has 0 aliphatic carbocycles. The fourth-order valence-corrected chi connectivity index (χ4v) is 2.61. The molecule has 134 valence electrons. The number of aliphatic hydroxyl groups excluding tert-OH is 1. The third-order valence-electron chi connectivity index (χ3n) is 3.87.